The number of anilines is 1. The monoisotopic (exact) mass is 838 g/mol. The molecule has 0 bridgehead atoms. The molecule has 11 nitrogen and oxygen atoms in total. The zero-order valence-electron chi connectivity index (χ0n) is 32.5. The lowest BCUT2D eigenvalue weighted by molar-refractivity contribution is 0.208. The molecule has 1 fully saturated rings. The molecule has 3 N–H and O–H groups in total. The molecule has 2 atom stereocenters. The summed E-state index contributed by atoms with van der Waals surface area (Å²) in [4.78, 5) is 14.6. The molecule has 0 radical (unpaired) electrons. The molecule has 298 valence electrons. The number of hydrogen-bond acceptors (Lipinski definition) is 11. The number of nitrogens with zero attached hydrogens (tertiary/aromatic N) is 6. The van der Waals surface area contributed by atoms with Crippen molar-refractivity contribution in [1.82, 2.24) is 29.4 Å². The molecule has 0 aliphatic heterocycles. The number of rotatable bonds is 9. The average molecular weight is 839 g/mol. The third-order valence-electron chi connectivity index (χ3n) is 11.7. The smallest absolute Gasteiger partial charge is 0.283 e. The molecule has 59 heavy (non-hydrogen) atoms. The van der Waals surface area contributed by atoms with Crippen molar-refractivity contribution in [3.05, 3.63) is 175 Å². The van der Waals surface area contributed by atoms with Gasteiger partial charge in [-0.1, -0.05) is 114 Å². The predicted molar refractivity (Wildman–Crippen MR) is 234 cm³/mol. The SMILES string of the molecule is CON=C(c1n[nH]c2c1C=CC(c1ccccc1)(c1cscn1)C2)C1CCC1.Cc1ccc(S(=O)(=O)n2nc(N)c3c2CC(c2ccccc2)(c2cscn2)C=C3)cc1. The second kappa shape index (κ2) is 15.7. The molecule has 3 aromatic carbocycles. The van der Waals surface area contributed by atoms with Gasteiger partial charge < -0.3 is 10.6 Å². The van der Waals surface area contributed by atoms with Crippen molar-refractivity contribution in [1.29, 1.82) is 0 Å². The van der Waals surface area contributed by atoms with Crippen LogP contribution in [0.4, 0.5) is 5.82 Å². The van der Waals surface area contributed by atoms with Crippen molar-refractivity contribution < 1.29 is 13.3 Å². The first-order valence-corrected chi connectivity index (χ1v) is 22.7. The van der Waals surface area contributed by atoms with Crippen LogP contribution in [0.5, 0.6) is 0 Å². The second-order valence-electron chi connectivity index (χ2n) is 15.1. The molecule has 1 saturated carbocycles. The minimum absolute atomic E-state index is 0.178. The first-order valence-electron chi connectivity index (χ1n) is 19.4. The third-order valence-corrected chi connectivity index (χ3v) is 14.5. The van der Waals surface area contributed by atoms with E-state index < -0.39 is 15.4 Å². The van der Waals surface area contributed by atoms with E-state index in [-0.39, 0.29) is 16.1 Å². The number of oxime groups is 1. The van der Waals surface area contributed by atoms with Crippen LogP contribution in [0.25, 0.3) is 12.2 Å². The first-order chi connectivity index (χ1) is 28.7. The number of hydrogen-bond donors (Lipinski definition) is 2. The minimum atomic E-state index is -3.90. The molecule has 2 unspecified atom stereocenters. The summed E-state index contributed by atoms with van der Waals surface area (Å²) >= 11 is 3.14. The zero-order valence-corrected chi connectivity index (χ0v) is 35.0. The standard InChI is InChI=1S/C23H20N4O2S2.C22H22N4OS/c1-16-7-9-18(10-8-16)31(28,29)27-20-13-23(21-14-30-15-25-21,17-5-3-2-4-6-17)12-11-19(20)22(24)26-27;1-27-26-20(15-6-5-7-15)21-17-10-11-22(12-18(17)24-25-21,19-13-28-14-23-19)16-8-3-2-4-9-16/h2-12,14-15H,13H2,1H3,(H2,24,26);2-4,8-11,13-15H,5-7,12H2,1H3,(H,24,25). The molecule has 3 aliphatic carbocycles. The van der Waals surface area contributed by atoms with Crippen molar-refractivity contribution in [3.8, 4) is 0 Å². The maximum absolute atomic E-state index is 13.5. The predicted octanol–water partition coefficient (Wildman–Crippen LogP) is 8.60. The molecule has 4 heterocycles. The summed E-state index contributed by atoms with van der Waals surface area (Å²) in [7, 11) is -2.30. The van der Waals surface area contributed by atoms with Gasteiger partial charge in [-0.2, -0.15) is 17.6 Å². The van der Waals surface area contributed by atoms with E-state index in [0.717, 1.165) is 68.5 Å². The summed E-state index contributed by atoms with van der Waals surface area (Å²) in [6.07, 6.45) is 13.1. The fraction of sp³-hybridized carbons (Fsp3) is 0.222. The van der Waals surface area contributed by atoms with E-state index in [1.807, 2.05) is 54.2 Å². The molecule has 10 rings (SSSR count). The van der Waals surface area contributed by atoms with Gasteiger partial charge in [-0.25, -0.2) is 9.97 Å². The van der Waals surface area contributed by atoms with Crippen LogP contribution in [0.1, 0.15) is 75.5 Å². The number of thiazole rings is 2. The van der Waals surface area contributed by atoms with Crippen LogP contribution in [0.15, 0.2) is 129 Å². The van der Waals surface area contributed by atoms with Gasteiger partial charge in [-0.15, -0.1) is 27.8 Å². The van der Waals surface area contributed by atoms with Crippen molar-refractivity contribution in [2.75, 3.05) is 12.8 Å². The van der Waals surface area contributed by atoms with Crippen LogP contribution in [-0.4, -0.2) is 50.6 Å². The highest BCUT2D eigenvalue weighted by molar-refractivity contribution is 7.89. The van der Waals surface area contributed by atoms with Crippen LogP contribution < -0.4 is 5.73 Å². The Bertz CT molecular complexity index is 2770. The fourth-order valence-corrected chi connectivity index (χ4v) is 10.9. The number of nitrogens with two attached hydrogens (primary N) is 1. The maximum Gasteiger partial charge on any atom is 0.283 e. The van der Waals surface area contributed by atoms with Crippen LogP contribution in [0, 0.1) is 12.8 Å². The van der Waals surface area contributed by atoms with E-state index in [0.29, 0.717) is 23.6 Å². The Kier molecular flexibility index (Phi) is 10.2. The Morgan fingerprint density at radius 1 is 0.847 bits per heavy atom. The molecule has 0 amide bonds. The zero-order chi connectivity index (χ0) is 40.6. The maximum atomic E-state index is 13.5. The normalized spacial score (nSPS) is 19.9. The van der Waals surface area contributed by atoms with Gasteiger partial charge in [-0.3, -0.25) is 5.10 Å². The topological polar surface area (TPSA) is 154 Å². The molecule has 4 aromatic heterocycles. The van der Waals surface area contributed by atoms with Crippen LogP contribution >= 0.6 is 22.7 Å². The lowest BCUT2D eigenvalue weighted by Crippen LogP contribution is -2.33. The van der Waals surface area contributed by atoms with Gasteiger partial charge in [0.25, 0.3) is 10.0 Å². The van der Waals surface area contributed by atoms with E-state index in [1.54, 1.807) is 48.2 Å². The quantitative estimate of drug-likeness (QED) is 0.108. The lowest BCUT2D eigenvalue weighted by atomic mass is 9.70. The van der Waals surface area contributed by atoms with E-state index >= 15 is 0 Å². The van der Waals surface area contributed by atoms with Crippen molar-refractivity contribution in [3.63, 3.8) is 0 Å². The lowest BCUT2D eigenvalue weighted by Gasteiger charge is -2.32. The minimum Gasteiger partial charge on any atom is -0.399 e. The van der Waals surface area contributed by atoms with E-state index in [1.165, 1.54) is 23.3 Å². The summed E-state index contributed by atoms with van der Waals surface area (Å²) in [5.41, 5.74) is 19.5. The fourth-order valence-electron chi connectivity index (χ4n) is 8.30. The summed E-state index contributed by atoms with van der Waals surface area (Å²) in [5, 5.41) is 20.7. The average Bonchev–Trinajstić information content (AvgIpc) is 4.09. The Balaban J connectivity index is 0.000000153. The van der Waals surface area contributed by atoms with Gasteiger partial charge in [0.2, 0.25) is 0 Å². The van der Waals surface area contributed by atoms with Crippen LogP contribution in [0.3, 0.4) is 0 Å². The number of H-pyrrole nitrogens is 1. The van der Waals surface area contributed by atoms with Crippen molar-refractivity contribution in [2.45, 2.75) is 54.8 Å². The highest BCUT2D eigenvalue weighted by atomic mass is 32.2. The van der Waals surface area contributed by atoms with Gasteiger partial charge >= 0.3 is 0 Å². The molecule has 0 spiro atoms. The Morgan fingerprint density at radius 2 is 1.44 bits per heavy atom. The largest absolute Gasteiger partial charge is 0.399 e. The highest BCUT2D eigenvalue weighted by Gasteiger charge is 2.42. The summed E-state index contributed by atoms with van der Waals surface area (Å²) in [5.74, 6) is 0.641. The summed E-state index contributed by atoms with van der Waals surface area (Å²) < 4.78 is 28.0. The van der Waals surface area contributed by atoms with Crippen molar-refractivity contribution >= 4 is 56.4 Å². The molecular formula is C45H42N8O3S3. The van der Waals surface area contributed by atoms with Crippen LogP contribution in [0.2, 0.25) is 0 Å². The Morgan fingerprint density at radius 3 is 1.98 bits per heavy atom. The number of aromatic nitrogens is 6. The number of aromatic amines is 1. The van der Waals surface area contributed by atoms with Crippen molar-refractivity contribution in [2.24, 2.45) is 11.1 Å². The summed E-state index contributed by atoms with van der Waals surface area (Å²) in [6.45, 7) is 1.91. The molecular weight excluding hydrogens is 797 g/mol. The molecule has 3 aliphatic rings. The van der Waals surface area contributed by atoms with E-state index in [9.17, 15) is 8.42 Å². The molecule has 0 saturated heterocycles. The number of aryl methyl sites for hydroxylation is 1. The number of benzene rings is 3. The number of nitrogens with one attached hydrogen (secondary N) is 1. The Hall–Kier alpha value is -5.96. The van der Waals surface area contributed by atoms with E-state index in [4.69, 9.17) is 10.6 Å². The highest BCUT2D eigenvalue weighted by Crippen LogP contribution is 2.44. The van der Waals surface area contributed by atoms with Gasteiger partial charge in [0.1, 0.15) is 18.5 Å². The van der Waals surface area contributed by atoms with Gasteiger partial charge in [0.05, 0.1) is 43.8 Å². The van der Waals surface area contributed by atoms with Crippen LogP contribution in [-0.2, 0) is 38.5 Å². The summed E-state index contributed by atoms with van der Waals surface area (Å²) in [6, 6.07) is 27.3. The van der Waals surface area contributed by atoms with Gasteiger partial charge in [0, 0.05) is 46.3 Å². The molecule has 14 heteroatoms. The number of nitrogen functional groups attached to an aromatic ring is 1. The number of allylic oxidation sites excluding steroid dienone is 2. The van der Waals surface area contributed by atoms with Gasteiger partial charge in [0.15, 0.2) is 5.82 Å². The Labute approximate surface area is 351 Å². The second-order valence-corrected chi connectivity index (χ2v) is 18.3. The van der Waals surface area contributed by atoms with E-state index in [2.05, 4.69) is 84.4 Å². The first kappa shape index (κ1) is 38.6. The molecule has 7 aromatic rings. The third kappa shape index (κ3) is 6.84. The van der Waals surface area contributed by atoms with Gasteiger partial charge in [-0.05, 0) is 43.0 Å². The number of fused-ring (bicyclic) bond motifs is 2.